The lowest BCUT2D eigenvalue weighted by atomic mass is 10.2. The number of hydrogen-bond donors (Lipinski definition) is 1. The molecule has 1 heterocycles. The smallest absolute Gasteiger partial charge is 0.237 e. The number of thioether (sulfide) groups is 1. The van der Waals surface area contributed by atoms with Crippen LogP contribution in [0.3, 0.4) is 0 Å². The lowest BCUT2D eigenvalue weighted by Crippen LogP contribution is -2.22. The molecule has 0 fully saturated rings. The van der Waals surface area contributed by atoms with Crippen molar-refractivity contribution in [3.63, 3.8) is 0 Å². The highest BCUT2D eigenvalue weighted by atomic mass is 35.5. The van der Waals surface area contributed by atoms with E-state index in [4.69, 9.17) is 21.1 Å². The minimum Gasteiger partial charge on any atom is -0.454 e. The van der Waals surface area contributed by atoms with Crippen LogP contribution in [0.15, 0.2) is 30.3 Å². The Balaban J connectivity index is 1.58. The first-order chi connectivity index (χ1) is 11.9. The number of amides is 1. The summed E-state index contributed by atoms with van der Waals surface area (Å²) in [4.78, 5) is 12.2. The van der Waals surface area contributed by atoms with Crippen molar-refractivity contribution < 1.29 is 23.0 Å². The van der Waals surface area contributed by atoms with Crippen LogP contribution in [0.2, 0.25) is 5.02 Å². The summed E-state index contributed by atoms with van der Waals surface area (Å²) in [6, 6.07) is 6.81. The molecule has 0 aromatic heterocycles. The van der Waals surface area contributed by atoms with Gasteiger partial charge in [-0.25, -0.2) is 8.78 Å². The summed E-state index contributed by atoms with van der Waals surface area (Å²) < 4.78 is 36.7. The van der Waals surface area contributed by atoms with Gasteiger partial charge in [0.1, 0.15) is 0 Å². The van der Waals surface area contributed by atoms with E-state index in [2.05, 4.69) is 5.32 Å². The predicted molar refractivity (Wildman–Crippen MR) is 93.3 cm³/mol. The van der Waals surface area contributed by atoms with Gasteiger partial charge in [-0.15, -0.1) is 11.8 Å². The molecule has 0 saturated heterocycles. The lowest BCUT2D eigenvalue weighted by Gasteiger charge is -2.13. The molecule has 0 saturated carbocycles. The predicted octanol–water partition coefficient (Wildman–Crippen LogP) is 4.61. The monoisotopic (exact) mass is 385 g/mol. The summed E-state index contributed by atoms with van der Waals surface area (Å²) in [5.41, 5.74) is 1.11. The van der Waals surface area contributed by atoms with Gasteiger partial charge in [0, 0.05) is 17.5 Å². The van der Waals surface area contributed by atoms with Crippen LogP contribution in [0.5, 0.6) is 11.5 Å². The number of benzene rings is 2. The quantitative estimate of drug-likeness (QED) is 0.816. The number of carbonyl (C=O) groups excluding carboxylic acids is 1. The summed E-state index contributed by atoms with van der Waals surface area (Å²) in [7, 11) is 0. The Bertz CT molecular complexity index is 819. The first-order valence-electron chi connectivity index (χ1n) is 7.39. The third kappa shape index (κ3) is 4.16. The van der Waals surface area contributed by atoms with Gasteiger partial charge in [-0.05, 0) is 36.8 Å². The highest BCUT2D eigenvalue weighted by Gasteiger charge is 2.20. The molecule has 1 amide bonds. The summed E-state index contributed by atoms with van der Waals surface area (Å²) in [6.07, 6.45) is 0. The van der Waals surface area contributed by atoms with E-state index in [0.717, 1.165) is 17.7 Å². The van der Waals surface area contributed by atoms with Gasteiger partial charge in [0.15, 0.2) is 23.1 Å². The van der Waals surface area contributed by atoms with Crippen LogP contribution < -0.4 is 14.8 Å². The fourth-order valence-corrected chi connectivity index (χ4v) is 3.33. The van der Waals surface area contributed by atoms with Crippen molar-refractivity contribution in [1.82, 2.24) is 0 Å². The van der Waals surface area contributed by atoms with E-state index in [1.165, 1.54) is 17.8 Å². The minimum absolute atomic E-state index is 0.138. The maximum absolute atomic E-state index is 13.2. The second kappa shape index (κ2) is 7.49. The molecule has 0 radical (unpaired) electrons. The molecular formula is C17H14ClF2NO3S. The van der Waals surface area contributed by atoms with E-state index in [0.29, 0.717) is 22.3 Å². The molecule has 1 unspecified atom stereocenters. The summed E-state index contributed by atoms with van der Waals surface area (Å²) in [5.74, 6) is -0.625. The normalized spacial score (nSPS) is 13.6. The molecule has 1 aliphatic heterocycles. The fraction of sp³-hybridized carbons (Fsp3) is 0.235. The first-order valence-corrected chi connectivity index (χ1v) is 8.82. The number of carbonyl (C=O) groups is 1. The Kier molecular flexibility index (Phi) is 5.34. The van der Waals surface area contributed by atoms with Crippen LogP contribution in [0.1, 0.15) is 12.5 Å². The van der Waals surface area contributed by atoms with Crippen LogP contribution in [-0.4, -0.2) is 18.0 Å². The van der Waals surface area contributed by atoms with E-state index in [9.17, 15) is 13.6 Å². The third-order valence-corrected chi connectivity index (χ3v) is 5.04. The Morgan fingerprint density at radius 1 is 1.28 bits per heavy atom. The van der Waals surface area contributed by atoms with Crippen molar-refractivity contribution >= 4 is 35.0 Å². The maximum Gasteiger partial charge on any atom is 0.237 e. The Morgan fingerprint density at radius 2 is 2.08 bits per heavy atom. The van der Waals surface area contributed by atoms with Crippen LogP contribution in [0, 0.1) is 11.6 Å². The Morgan fingerprint density at radius 3 is 2.84 bits per heavy atom. The third-order valence-electron chi connectivity index (χ3n) is 3.54. The zero-order valence-corrected chi connectivity index (χ0v) is 14.7. The second-order valence-corrected chi connectivity index (χ2v) is 7.12. The molecule has 0 aliphatic carbocycles. The lowest BCUT2D eigenvalue weighted by molar-refractivity contribution is -0.115. The van der Waals surface area contributed by atoms with Crippen LogP contribution in [0.25, 0.3) is 0 Å². The van der Waals surface area contributed by atoms with Crippen molar-refractivity contribution in [2.45, 2.75) is 17.9 Å². The standard InChI is InChI=1S/C17H14ClF2NO3S/c1-9(17(22)21-11-2-3-13(19)14(20)6-11)25-7-10-4-12(18)16-15(5-10)23-8-24-16/h2-6,9H,7-8H2,1H3,(H,21,22). The number of hydrogen-bond acceptors (Lipinski definition) is 4. The fourth-order valence-electron chi connectivity index (χ4n) is 2.22. The van der Waals surface area contributed by atoms with Crippen LogP contribution in [-0.2, 0) is 10.5 Å². The first kappa shape index (κ1) is 17.8. The molecule has 1 atom stereocenters. The highest BCUT2D eigenvalue weighted by Crippen LogP contribution is 2.40. The SMILES string of the molecule is CC(SCc1cc(Cl)c2c(c1)OCO2)C(=O)Nc1ccc(F)c(F)c1. The Hall–Kier alpha value is -1.99. The van der Waals surface area contributed by atoms with Gasteiger partial charge in [0.25, 0.3) is 0 Å². The van der Waals surface area contributed by atoms with Crippen molar-refractivity contribution in [2.75, 3.05) is 12.1 Å². The average molecular weight is 386 g/mol. The van der Waals surface area contributed by atoms with Crippen molar-refractivity contribution in [3.8, 4) is 11.5 Å². The Labute approximate surface area is 152 Å². The van der Waals surface area contributed by atoms with E-state index >= 15 is 0 Å². The highest BCUT2D eigenvalue weighted by molar-refractivity contribution is 7.99. The number of fused-ring (bicyclic) bond motifs is 1. The molecule has 3 rings (SSSR count). The molecule has 132 valence electrons. The number of nitrogens with one attached hydrogen (secondary N) is 1. The zero-order chi connectivity index (χ0) is 18.0. The van der Waals surface area contributed by atoms with Crippen LogP contribution >= 0.6 is 23.4 Å². The molecule has 1 aliphatic rings. The van der Waals surface area contributed by atoms with E-state index < -0.39 is 16.9 Å². The molecule has 25 heavy (non-hydrogen) atoms. The molecule has 0 bridgehead atoms. The topological polar surface area (TPSA) is 47.6 Å². The molecule has 2 aromatic carbocycles. The van der Waals surface area contributed by atoms with Gasteiger partial charge in [0.2, 0.25) is 12.7 Å². The molecule has 1 N–H and O–H groups in total. The van der Waals surface area contributed by atoms with Gasteiger partial charge in [-0.2, -0.15) is 0 Å². The van der Waals surface area contributed by atoms with Gasteiger partial charge in [-0.3, -0.25) is 4.79 Å². The van der Waals surface area contributed by atoms with Crippen LogP contribution in [0.4, 0.5) is 14.5 Å². The van der Waals surface area contributed by atoms with Crippen molar-refractivity contribution in [2.24, 2.45) is 0 Å². The molecule has 8 heteroatoms. The zero-order valence-electron chi connectivity index (χ0n) is 13.1. The molecule has 4 nitrogen and oxygen atoms in total. The summed E-state index contributed by atoms with van der Waals surface area (Å²) in [6.45, 7) is 1.87. The van der Waals surface area contributed by atoms with E-state index in [1.807, 2.05) is 6.07 Å². The number of rotatable bonds is 5. The summed E-state index contributed by atoms with van der Waals surface area (Å²) >= 11 is 7.51. The molecule has 0 spiro atoms. The van der Waals surface area contributed by atoms with Crippen molar-refractivity contribution in [3.05, 3.63) is 52.6 Å². The molecular weight excluding hydrogens is 372 g/mol. The minimum atomic E-state index is -1.01. The van der Waals surface area contributed by atoms with Gasteiger partial charge >= 0.3 is 0 Å². The van der Waals surface area contributed by atoms with E-state index in [1.54, 1.807) is 13.0 Å². The number of anilines is 1. The van der Waals surface area contributed by atoms with Gasteiger partial charge in [0.05, 0.1) is 10.3 Å². The number of halogens is 3. The number of ether oxygens (including phenoxy) is 2. The summed E-state index contributed by atoms with van der Waals surface area (Å²) in [5, 5.41) is 2.62. The largest absolute Gasteiger partial charge is 0.454 e. The maximum atomic E-state index is 13.2. The van der Waals surface area contributed by atoms with Crippen molar-refractivity contribution in [1.29, 1.82) is 0 Å². The molecule has 2 aromatic rings. The van der Waals surface area contributed by atoms with Gasteiger partial charge < -0.3 is 14.8 Å². The second-order valence-electron chi connectivity index (χ2n) is 5.38. The van der Waals surface area contributed by atoms with Gasteiger partial charge in [-0.1, -0.05) is 11.6 Å². The average Bonchev–Trinajstić information content (AvgIpc) is 3.05. The van der Waals surface area contributed by atoms with E-state index in [-0.39, 0.29) is 18.4 Å².